The summed E-state index contributed by atoms with van der Waals surface area (Å²) in [6.07, 6.45) is 3.26. The Morgan fingerprint density at radius 2 is 2.10 bits per heavy atom. The van der Waals surface area contributed by atoms with Crippen LogP contribution >= 0.6 is 24.0 Å². The third kappa shape index (κ3) is 4.03. The number of thioether (sulfide) groups is 1. The Morgan fingerprint density at radius 1 is 1.28 bits per heavy atom. The molecule has 148 valence electrons. The van der Waals surface area contributed by atoms with Gasteiger partial charge in [-0.1, -0.05) is 18.3 Å². The fourth-order valence-electron chi connectivity index (χ4n) is 2.82. The molecule has 29 heavy (non-hydrogen) atoms. The molecular weight excluding hydrogens is 414 g/mol. The molecule has 1 aromatic carbocycles. The van der Waals surface area contributed by atoms with Gasteiger partial charge in [0.25, 0.3) is 17.1 Å². The number of imide groups is 1. The lowest BCUT2D eigenvalue weighted by molar-refractivity contribution is -0.122. The lowest BCUT2D eigenvalue weighted by atomic mass is 10.2. The van der Waals surface area contributed by atoms with Gasteiger partial charge in [0.2, 0.25) is 6.79 Å². The van der Waals surface area contributed by atoms with Crippen LogP contribution in [0.2, 0.25) is 0 Å². The molecule has 0 bridgehead atoms. The first-order chi connectivity index (χ1) is 14.0. The SMILES string of the molecule is O=C(NCCN1C(=O)SC(=Cc2ccc3c(c2)OCO3)C1=O)c1ccc[nH]c1=S. The standard InChI is InChI=1S/C19H15N3O5S2/c23-16(12-2-1-5-21-17(12)28)20-6-7-22-18(24)15(29-19(22)25)9-11-3-4-13-14(8-11)27-10-26-13/h1-5,8-9H,6-7,10H2,(H,20,23)(H,21,28). The maximum absolute atomic E-state index is 12.6. The number of carbonyl (C=O) groups is 3. The zero-order valence-electron chi connectivity index (χ0n) is 15.0. The molecule has 1 saturated heterocycles. The average Bonchev–Trinajstić information content (AvgIpc) is 3.27. The maximum Gasteiger partial charge on any atom is 0.293 e. The van der Waals surface area contributed by atoms with E-state index in [9.17, 15) is 14.4 Å². The molecule has 0 unspecified atom stereocenters. The summed E-state index contributed by atoms with van der Waals surface area (Å²) in [6, 6.07) is 8.55. The predicted octanol–water partition coefficient (Wildman–Crippen LogP) is 2.94. The number of rotatable bonds is 5. The summed E-state index contributed by atoms with van der Waals surface area (Å²) in [5.74, 6) is 0.475. The zero-order valence-corrected chi connectivity index (χ0v) is 16.6. The number of nitrogens with one attached hydrogen (secondary N) is 2. The molecule has 3 amide bonds. The number of amides is 3. The van der Waals surface area contributed by atoms with Crippen LogP contribution in [0.1, 0.15) is 15.9 Å². The first-order valence-corrected chi connectivity index (χ1v) is 9.86. The first-order valence-electron chi connectivity index (χ1n) is 8.64. The molecule has 0 radical (unpaired) electrons. The highest BCUT2D eigenvalue weighted by atomic mass is 32.2. The molecule has 2 N–H and O–H groups in total. The number of aromatic amines is 1. The van der Waals surface area contributed by atoms with Crippen molar-refractivity contribution < 1.29 is 23.9 Å². The van der Waals surface area contributed by atoms with Gasteiger partial charge in [0, 0.05) is 19.3 Å². The smallest absolute Gasteiger partial charge is 0.293 e. The first kappa shape index (κ1) is 19.2. The van der Waals surface area contributed by atoms with Crippen LogP contribution in [0.15, 0.2) is 41.4 Å². The molecule has 0 aliphatic carbocycles. The van der Waals surface area contributed by atoms with Gasteiger partial charge in [-0.3, -0.25) is 19.3 Å². The molecule has 2 aliphatic heterocycles. The molecule has 8 nitrogen and oxygen atoms in total. The van der Waals surface area contributed by atoms with Crippen LogP contribution in [0, 0.1) is 4.64 Å². The van der Waals surface area contributed by atoms with Crippen molar-refractivity contribution in [3.8, 4) is 11.5 Å². The maximum atomic E-state index is 12.6. The third-order valence-corrected chi connectivity index (χ3v) is 5.50. The van der Waals surface area contributed by atoms with E-state index in [-0.39, 0.29) is 31.0 Å². The number of hydrogen-bond donors (Lipinski definition) is 2. The fourth-order valence-corrected chi connectivity index (χ4v) is 3.92. The van der Waals surface area contributed by atoms with Gasteiger partial charge >= 0.3 is 0 Å². The number of carbonyl (C=O) groups excluding carboxylic acids is 3. The number of aromatic nitrogens is 1. The van der Waals surface area contributed by atoms with Crippen molar-refractivity contribution in [3.05, 3.63) is 57.2 Å². The third-order valence-electron chi connectivity index (χ3n) is 4.25. The Labute approximate surface area is 174 Å². The second kappa shape index (κ2) is 8.10. The number of pyridine rings is 1. The van der Waals surface area contributed by atoms with Crippen molar-refractivity contribution in [1.29, 1.82) is 0 Å². The van der Waals surface area contributed by atoms with Crippen molar-refractivity contribution in [3.63, 3.8) is 0 Å². The molecular formula is C19H15N3O5S2. The number of benzene rings is 1. The summed E-state index contributed by atoms with van der Waals surface area (Å²) < 4.78 is 10.9. The van der Waals surface area contributed by atoms with E-state index >= 15 is 0 Å². The van der Waals surface area contributed by atoms with Gasteiger partial charge in [-0.25, -0.2) is 0 Å². The zero-order chi connectivity index (χ0) is 20.4. The van der Waals surface area contributed by atoms with Crippen molar-refractivity contribution in [2.45, 2.75) is 0 Å². The Hall–Kier alpha value is -3.11. The van der Waals surface area contributed by atoms with E-state index in [0.29, 0.717) is 26.6 Å². The van der Waals surface area contributed by atoms with Crippen molar-refractivity contribution in [2.24, 2.45) is 0 Å². The Kier molecular flexibility index (Phi) is 5.36. The van der Waals surface area contributed by atoms with Crippen molar-refractivity contribution in [2.75, 3.05) is 19.9 Å². The van der Waals surface area contributed by atoms with E-state index in [1.54, 1.807) is 42.6 Å². The fraction of sp³-hybridized carbons (Fsp3) is 0.158. The molecule has 10 heteroatoms. The van der Waals surface area contributed by atoms with E-state index < -0.39 is 5.91 Å². The Bertz CT molecular complexity index is 1100. The molecule has 1 aromatic heterocycles. The van der Waals surface area contributed by atoms with Crippen LogP contribution in [-0.2, 0) is 4.79 Å². The molecule has 0 saturated carbocycles. The summed E-state index contributed by atoms with van der Waals surface area (Å²) in [7, 11) is 0. The summed E-state index contributed by atoms with van der Waals surface area (Å²) in [5, 5.41) is 2.29. The predicted molar refractivity (Wildman–Crippen MR) is 109 cm³/mol. The highest BCUT2D eigenvalue weighted by molar-refractivity contribution is 8.18. The van der Waals surface area contributed by atoms with Crippen LogP contribution in [0.25, 0.3) is 6.08 Å². The highest BCUT2D eigenvalue weighted by Gasteiger charge is 2.34. The monoisotopic (exact) mass is 429 g/mol. The second-order valence-corrected chi connectivity index (χ2v) is 7.52. The van der Waals surface area contributed by atoms with E-state index in [2.05, 4.69) is 10.3 Å². The average molecular weight is 429 g/mol. The molecule has 4 rings (SSSR count). The lowest BCUT2D eigenvalue weighted by Gasteiger charge is -2.13. The molecule has 0 spiro atoms. The topological polar surface area (TPSA) is 101 Å². The minimum atomic E-state index is -0.399. The van der Waals surface area contributed by atoms with Gasteiger partial charge in [0.1, 0.15) is 4.64 Å². The number of hydrogen-bond acceptors (Lipinski definition) is 7. The van der Waals surface area contributed by atoms with Gasteiger partial charge in [-0.05, 0) is 47.7 Å². The number of nitrogens with zero attached hydrogens (tertiary/aromatic N) is 1. The minimum Gasteiger partial charge on any atom is -0.454 e. The van der Waals surface area contributed by atoms with Crippen LogP contribution in [0.4, 0.5) is 4.79 Å². The Morgan fingerprint density at radius 3 is 2.93 bits per heavy atom. The van der Waals surface area contributed by atoms with Crippen LogP contribution < -0.4 is 14.8 Å². The second-order valence-electron chi connectivity index (χ2n) is 6.11. The summed E-state index contributed by atoms with van der Waals surface area (Å²) in [5.41, 5.74) is 1.06. The lowest BCUT2D eigenvalue weighted by Crippen LogP contribution is -2.37. The molecule has 1 fully saturated rings. The molecule has 3 heterocycles. The van der Waals surface area contributed by atoms with Crippen LogP contribution in [0.5, 0.6) is 11.5 Å². The summed E-state index contributed by atoms with van der Waals surface area (Å²) in [6.45, 7) is 0.352. The molecule has 2 aromatic rings. The highest BCUT2D eigenvalue weighted by Crippen LogP contribution is 2.36. The van der Waals surface area contributed by atoms with Gasteiger partial charge in [0.05, 0.1) is 10.5 Å². The quantitative estimate of drug-likeness (QED) is 0.557. The van der Waals surface area contributed by atoms with Gasteiger partial charge < -0.3 is 19.8 Å². The van der Waals surface area contributed by atoms with Gasteiger partial charge in [-0.2, -0.15) is 0 Å². The van der Waals surface area contributed by atoms with Crippen LogP contribution in [-0.4, -0.2) is 46.8 Å². The normalized spacial score (nSPS) is 16.6. The van der Waals surface area contributed by atoms with E-state index in [4.69, 9.17) is 21.7 Å². The molecule has 2 aliphatic rings. The largest absolute Gasteiger partial charge is 0.454 e. The summed E-state index contributed by atoms with van der Waals surface area (Å²) in [4.78, 5) is 41.2. The number of H-pyrrole nitrogens is 1. The van der Waals surface area contributed by atoms with Crippen molar-refractivity contribution >= 4 is 47.1 Å². The molecule has 0 atom stereocenters. The van der Waals surface area contributed by atoms with E-state index in [1.165, 1.54) is 0 Å². The van der Waals surface area contributed by atoms with Crippen LogP contribution in [0.3, 0.4) is 0 Å². The van der Waals surface area contributed by atoms with Crippen molar-refractivity contribution in [1.82, 2.24) is 15.2 Å². The van der Waals surface area contributed by atoms with Gasteiger partial charge in [0.15, 0.2) is 11.5 Å². The Balaban J connectivity index is 1.39. The van der Waals surface area contributed by atoms with E-state index in [0.717, 1.165) is 22.2 Å². The minimum absolute atomic E-state index is 0.0677. The number of fused-ring (bicyclic) bond motifs is 1. The summed E-state index contributed by atoms with van der Waals surface area (Å²) >= 11 is 5.93. The van der Waals surface area contributed by atoms with Gasteiger partial charge in [-0.15, -0.1) is 0 Å². The van der Waals surface area contributed by atoms with E-state index in [1.807, 2.05) is 0 Å². The number of ether oxygens (including phenoxy) is 2.